The Balaban J connectivity index is 0.000000957. The minimum Gasteiger partial charge on any atom is -0.372 e. The minimum atomic E-state index is -4.26. The Kier molecular flexibility index (Phi) is 18.3. The van der Waals surface area contributed by atoms with Crippen molar-refractivity contribution < 1.29 is 35.9 Å². The second-order valence-corrected chi connectivity index (χ2v) is 11.6. The lowest BCUT2D eigenvalue weighted by atomic mass is 9.91. The van der Waals surface area contributed by atoms with Crippen molar-refractivity contribution in [1.82, 2.24) is 20.2 Å². The summed E-state index contributed by atoms with van der Waals surface area (Å²) in [6.45, 7) is 18.6. The molecular formula is C35H52F6N6O2. The van der Waals surface area contributed by atoms with E-state index in [9.17, 15) is 31.1 Å². The highest BCUT2D eigenvalue weighted by atomic mass is 19.4. The van der Waals surface area contributed by atoms with E-state index >= 15 is 0 Å². The third kappa shape index (κ3) is 15.2. The standard InChI is InChI=1S/C27H37F3N6O2.C4H6.C2H3F3.C2H6/c1-5-19(6-2)25(37)35-11-7-8-23(13-20-12-21-16-38-17-22(21)14-24(20)35)36(26-31-33-34(4)32-26)15-18(3)9-10-27(28,29)30;1-3-4-2;1-2(3,4)5;1-2/h9,12,14,19,23H,5-8,10-11,13,15-17H2,1-4H3;3-4H,1-2H2;1H3;1-2H3/b18-9+;;;. The van der Waals surface area contributed by atoms with E-state index in [1.807, 2.05) is 37.5 Å². The predicted molar refractivity (Wildman–Crippen MR) is 182 cm³/mol. The van der Waals surface area contributed by atoms with Gasteiger partial charge in [-0.1, -0.05) is 75.8 Å². The molecule has 0 bridgehead atoms. The van der Waals surface area contributed by atoms with Gasteiger partial charge < -0.3 is 14.5 Å². The Morgan fingerprint density at radius 1 is 1.06 bits per heavy atom. The van der Waals surface area contributed by atoms with Crippen LogP contribution in [-0.2, 0) is 36.2 Å². The molecule has 2 aliphatic rings. The largest absolute Gasteiger partial charge is 0.392 e. The molecule has 1 unspecified atom stereocenters. The molecule has 0 aliphatic carbocycles. The number of carbonyl (C=O) groups is 1. The third-order valence-electron chi connectivity index (χ3n) is 7.65. The van der Waals surface area contributed by atoms with Gasteiger partial charge in [-0.25, -0.2) is 0 Å². The summed E-state index contributed by atoms with van der Waals surface area (Å²) in [5.41, 5.74) is 4.74. The summed E-state index contributed by atoms with van der Waals surface area (Å²) >= 11 is 0. The van der Waals surface area contributed by atoms with Gasteiger partial charge in [-0.05, 0) is 67.0 Å². The molecule has 0 saturated heterocycles. The van der Waals surface area contributed by atoms with Crippen LogP contribution in [-0.4, -0.2) is 57.6 Å². The number of hydrogen-bond donors (Lipinski definition) is 0. The number of rotatable bonds is 9. The van der Waals surface area contributed by atoms with Crippen LogP contribution in [0.4, 0.5) is 38.0 Å². The van der Waals surface area contributed by atoms with Crippen LogP contribution in [0, 0.1) is 5.92 Å². The Hall–Kier alpha value is -3.68. The molecule has 0 N–H and O–H groups in total. The van der Waals surface area contributed by atoms with E-state index < -0.39 is 18.8 Å². The molecule has 3 heterocycles. The number of hydrogen-bond acceptors (Lipinski definition) is 6. The Morgan fingerprint density at radius 3 is 2.12 bits per heavy atom. The van der Waals surface area contributed by atoms with Crippen molar-refractivity contribution in [3.63, 3.8) is 0 Å². The van der Waals surface area contributed by atoms with E-state index in [4.69, 9.17) is 4.74 Å². The van der Waals surface area contributed by atoms with E-state index in [1.165, 1.54) is 10.9 Å². The minimum absolute atomic E-state index is 0.0377. The molecule has 0 saturated carbocycles. The Bertz CT molecular complexity index is 1340. The first-order valence-corrected chi connectivity index (χ1v) is 16.6. The van der Waals surface area contributed by atoms with E-state index in [1.54, 1.807) is 26.1 Å². The number of fused-ring (bicyclic) bond motifs is 2. The Labute approximate surface area is 286 Å². The fourth-order valence-corrected chi connectivity index (χ4v) is 5.37. The summed E-state index contributed by atoms with van der Waals surface area (Å²) in [6.07, 6.45) is -1.10. The summed E-state index contributed by atoms with van der Waals surface area (Å²) < 4.78 is 75.4. The van der Waals surface area contributed by atoms with Gasteiger partial charge in [0.05, 0.1) is 26.7 Å². The first-order valence-electron chi connectivity index (χ1n) is 16.6. The number of aromatic nitrogens is 4. The average Bonchev–Trinajstić information content (AvgIpc) is 3.68. The molecule has 2 aliphatic heterocycles. The van der Waals surface area contributed by atoms with Gasteiger partial charge in [-0.15, -0.1) is 5.10 Å². The first kappa shape index (κ1) is 43.3. The zero-order valence-corrected chi connectivity index (χ0v) is 29.8. The van der Waals surface area contributed by atoms with Gasteiger partial charge in [0.25, 0.3) is 5.95 Å². The van der Waals surface area contributed by atoms with E-state index in [-0.39, 0.29) is 31.3 Å². The smallest absolute Gasteiger partial charge is 0.372 e. The number of tetrazole rings is 1. The lowest BCUT2D eigenvalue weighted by Crippen LogP contribution is -2.43. The van der Waals surface area contributed by atoms with Crippen LogP contribution in [0.25, 0.3) is 0 Å². The number of amides is 1. The molecule has 0 fully saturated rings. The molecule has 49 heavy (non-hydrogen) atoms. The molecule has 4 rings (SSSR count). The highest BCUT2D eigenvalue weighted by Crippen LogP contribution is 2.35. The zero-order chi connectivity index (χ0) is 37.4. The van der Waals surface area contributed by atoms with Crippen molar-refractivity contribution in [1.29, 1.82) is 0 Å². The highest BCUT2D eigenvalue weighted by molar-refractivity contribution is 5.96. The number of nitrogens with zero attached hydrogens (tertiary/aromatic N) is 6. The summed E-state index contributed by atoms with van der Waals surface area (Å²) in [4.78, 5) is 18.8. The maximum Gasteiger partial charge on any atom is 0.392 e. The number of aryl methyl sites for hydroxylation is 1. The summed E-state index contributed by atoms with van der Waals surface area (Å²) in [5.74, 6) is 0.491. The topological polar surface area (TPSA) is 76.4 Å². The quantitative estimate of drug-likeness (QED) is 0.148. The van der Waals surface area contributed by atoms with Crippen molar-refractivity contribution in [2.24, 2.45) is 13.0 Å². The van der Waals surface area contributed by atoms with Gasteiger partial charge in [-0.2, -0.15) is 31.1 Å². The van der Waals surface area contributed by atoms with Gasteiger partial charge in [0.15, 0.2) is 0 Å². The van der Waals surface area contributed by atoms with Crippen molar-refractivity contribution >= 4 is 17.5 Å². The first-order chi connectivity index (χ1) is 23.0. The zero-order valence-electron chi connectivity index (χ0n) is 29.8. The summed E-state index contributed by atoms with van der Waals surface area (Å²) in [6, 6.07) is 4.15. The van der Waals surface area contributed by atoms with Gasteiger partial charge in [-0.3, -0.25) is 4.79 Å². The fraction of sp³-hybridized carbons (Fsp3) is 0.600. The van der Waals surface area contributed by atoms with Crippen LogP contribution in [0.1, 0.15) is 90.3 Å². The highest BCUT2D eigenvalue weighted by Gasteiger charge is 2.32. The molecule has 2 aromatic rings. The molecule has 276 valence electrons. The number of alkyl halides is 6. The van der Waals surface area contributed by atoms with Gasteiger partial charge in [0, 0.05) is 37.7 Å². The number of allylic oxidation sites excluding steroid dienone is 3. The maximum absolute atomic E-state index is 13.6. The molecule has 0 radical (unpaired) electrons. The second kappa shape index (κ2) is 20.7. The molecular weight excluding hydrogens is 650 g/mol. The molecule has 1 aromatic heterocycles. The van der Waals surface area contributed by atoms with E-state index in [2.05, 4.69) is 40.7 Å². The van der Waals surface area contributed by atoms with Crippen LogP contribution in [0.5, 0.6) is 0 Å². The van der Waals surface area contributed by atoms with Crippen molar-refractivity contribution in [2.75, 3.05) is 22.9 Å². The Morgan fingerprint density at radius 2 is 1.63 bits per heavy atom. The van der Waals surface area contributed by atoms with Gasteiger partial charge >= 0.3 is 12.4 Å². The van der Waals surface area contributed by atoms with Gasteiger partial charge in [0.1, 0.15) is 0 Å². The number of carbonyl (C=O) groups excluding carboxylic acids is 1. The lowest BCUT2D eigenvalue weighted by molar-refractivity contribution is -0.125. The number of benzene rings is 1. The third-order valence-corrected chi connectivity index (χ3v) is 7.65. The molecule has 1 amide bonds. The second-order valence-electron chi connectivity index (χ2n) is 11.6. The van der Waals surface area contributed by atoms with Crippen molar-refractivity contribution in [3.8, 4) is 0 Å². The monoisotopic (exact) mass is 702 g/mol. The van der Waals surface area contributed by atoms with Crippen molar-refractivity contribution in [2.45, 2.75) is 112 Å². The maximum atomic E-state index is 13.6. The summed E-state index contributed by atoms with van der Waals surface area (Å²) in [7, 11) is 1.67. The van der Waals surface area contributed by atoms with Crippen LogP contribution in [0.15, 0.2) is 49.1 Å². The van der Waals surface area contributed by atoms with Crippen LogP contribution >= 0.6 is 0 Å². The molecule has 8 nitrogen and oxygen atoms in total. The van der Waals surface area contributed by atoms with Crippen LogP contribution in [0.3, 0.4) is 0 Å². The molecule has 1 atom stereocenters. The molecule has 0 spiro atoms. The average molecular weight is 703 g/mol. The predicted octanol–water partition coefficient (Wildman–Crippen LogP) is 9.07. The number of halogens is 6. The molecule has 14 heteroatoms. The van der Waals surface area contributed by atoms with Crippen LogP contribution < -0.4 is 9.80 Å². The number of ether oxygens (including phenoxy) is 1. The lowest BCUT2D eigenvalue weighted by Gasteiger charge is -2.37. The van der Waals surface area contributed by atoms with E-state index in [0.717, 1.165) is 48.1 Å². The summed E-state index contributed by atoms with van der Waals surface area (Å²) in [5, 5.41) is 12.6. The van der Waals surface area contributed by atoms with E-state index in [0.29, 0.717) is 37.7 Å². The van der Waals surface area contributed by atoms with Crippen LogP contribution in [0.2, 0.25) is 0 Å². The number of anilines is 2. The SMILES string of the molecule is C=CC=C.CC.CC(F)(F)F.CCC(CC)C(=O)N1CCCC(N(C/C(C)=C/CC(F)(F)F)c2nnn(C)n2)Cc2cc3c(cc21)COC3. The normalized spacial score (nSPS) is 15.9. The molecule has 1 aromatic carbocycles. The fourth-order valence-electron chi connectivity index (χ4n) is 5.37. The van der Waals surface area contributed by atoms with Gasteiger partial charge in [0.2, 0.25) is 5.91 Å². The van der Waals surface area contributed by atoms with Crippen molar-refractivity contribution in [3.05, 3.63) is 65.8 Å².